The minimum atomic E-state index is -0.530. The van der Waals surface area contributed by atoms with Crippen LogP contribution in [0.3, 0.4) is 0 Å². The van der Waals surface area contributed by atoms with Gasteiger partial charge in [0.05, 0.1) is 0 Å². The minimum absolute atomic E-state index is 0.301. The number of nitrogens with one attached hydrogen (secondary N) is 3. The molecule has 0 saturated heterocycles. The summed E-state index contributed by atoms with van der Waals surface area (Å²) in [6.45, 7) is 10.0. The van der Waals surface area contributed by atoms with Crippen molar-refractivity contribution in [3.8, 4) is 0 Å². The number of urea groups is 1. The quantitative estimate of drug-likeness (QED) is 0.748. The number of alkyl carbamates (subject to hydrolysis) is 1. The molecule has 0 heterocycles. The largest absolute Gasteiger partial charge is 0.444 e. The fourth-order valence-corrected chi connectivity index (χ4v) is 1.65. The van der Waals surface area contributed by atoms with Crippen LogP contribution in [0.15, 0.2) is 18.2 Å². The number of hydrogen-bond donors (Lipinski definition) is 3. The number of aryl methyl sites for hydroxylation is 2. The second-order valence-electron chi connectivity index (χ2n) is 6.11. The van der Waals surface area contributed by atoms with Crippen molar-refractivity contribution in [3.63, 3.8) is 0 Å². The third-order valence-electron chi connectivity index (χ3n) is 2.84. The topological polar surface area (TPSA) is 79.5 Å². The van der Waals surface area contributed by atoms with Gasteiger partial charge in [-0.1, -0.05) is 6.07 Å². The molecule has 6 heteroatoms. The summed E-state index contributed by atoms with van der Waals surface area (Å²) in [5, 5.41) is 7.98. The Morgan fingerprint density at radius 2 is 1.68 bits per heavy atom. The zero-order chi connectivity index (χ0) is 16.8. The molecule has 1 rings (SSSR count). The lowest BCUT2D eigenvalue weighted by Gasteiger charge is -2.19. The van der Waals surface area contributed by atoms with Crippen LogP contribution in [0.5, 0.6) is 0 Å². The van der Waals surface area contributed by atoms with E-state index in [1.54, 1.807) is 20.8 Å². The number of amides is 3. The van der Waals surface area contributed by atoms with E-state index in [2.05, 4.69) is 16.0 Å². The lowest BCUT2D eigenvalue weighted by molar-refractivity contribution is 0.0528. The normalized spacial score (nSPS) is 10.8. The van der Waals surface area contributed by atoms with Crippen molar-refractivity contribution in [1.82, 2.24) is 10.6 Å². The molecule has 22 heavy (non-hydrogen) atoms. The fourth-order valence-electron chi connectivity index (χ4n) is 1.65. The van der Waals surface area contributed by atoms with Gasteiger partial charge in [0.2, 0.25) is 0 Å². The van der Waals surface area contributed by atoms with E-state index in [9.17, 15) is 9.59 Å². The van der Waals surface area contributed by atoms with Crippen molar-refractivity contribution in [3.05, 3.63) is 29.3 Å². The molecule has 0 bridgehead atoms. The van der Waals surface area contributed by atoms with Gasteiger partial charge in [0.25, 0.3) is 0 Å². The van der Waals surface area contributed by atoms with Crippen LogP contribution in [-0.2, 0) is 4.74 Å². The predicted molar refractivity (Wildman–Crippen MR) is 87.2 cm³/mol. The second-order valence-corrected chi connectivity index (χ2v) is 6.11. The summed E-state index contributed by atoms with van der Waals surface area (Å²) in [7, 11) is 0. The second kappa shape index (κ2) is 7.68. The average molecular weight is 307 g/mol. The molecule has 6 nitrogen and oxygen atoms in total. The molecule has 0 saturated carbocycles. The molecule has 122 valence electrons. The zero-order valence-corrected chi connectivity index (χ0v) is 13.9. The molecule has 0 aromatic heterocycles. The van der Waals surface area contributed by atoms with Crippen LogP contribution in [-0.4, -0.2) is 30.8 Å². The van der Waals surface area contributed by atoms with E-state index in [1.165, 1.54) is 5.56 Å². The first-order chi connectivity index (χ1) is 10.2. The Kier molecular flexibility index (Phi) is 6.22. The van der Waals surface area contributed by atoms with Crippen molar-refractivity contribution in [2.75, 3.05) is 18.4 Å². The smallest absolute Gasteiger partial charge is 0.407 e. The van der Waals surface area contributed by atoms with Crippen LogP contribution < -0.4 is 16.0 Å². The first-order valence-electron chi connectivity index (χ1n) is 7.26. The van der Waals surface area contributed by atoms with E-state index >= 15 is 0 Å². The lowest BCUT2D eigenvalue weighted by atomic mass is 10.1. The van der Waals surface area contributed by atoms with Gasteiger partial charge in [0.15, 0.2) is 0 Å². The van der Waals surface area contributed by atoms with E-state index < -0.39 is 11.7 Å². The highest BCUT2D eigenvalue weighted by Crippen LogP contribution is 2.13. The molecule has 3 amide bonds. The third kappa shape index (κ3) is 6.97. The van der Waals surface area contributed by atoms with Crippen LogP contribution in [0.25, 0.3) is 0 Å². The number of rotatable bonds is 4. The summed E-state index contributed by atoms with van der Waals surface area (Å²) >= 11 is 0. The number of carbonyl (C=O) groups is 2. The van der Waals surface area contributed by atoms with Crippen molar-refractivity contribution in [2.24, 2.45) is 0 Å². The fraction of sp³-hybridized carbons (Fsp3) is 0.500. The van der Waals surface area contributed by atoms with Crippen molar-refractivity contribution < 1.29 is 14.3 Å². The molecule has 1 aromatic carbocycles. The van der Waals surface area contributed by atoms with Crippen molar-refractivity contribution >= 4 is 17.8 Å². The monoisotopic (exact) mass is 307 g/mol. The van der Waals surface area contributed by atoms with Gasteiger partial charge in [-0.3, -0.25) is 0 Å². The summed E-state index contributed by atoms with van der Waals surface area (Å²) in [4.78, 5) is 23.1. The summed E-state index contributed by atoms with van der Waals surface area (Å²) < 4.78 is 5.09. The molecule has 0 spiro atoms. The maximum Gasteiger partial charge on any atom is 0.407 e. The van der Waals surface area contributed by atoms with Crippen LogP contribution in [0, 0.1) is 13.8 Å². The van der Waals surface area contributed by atoms with Crippen LogP contribution in [0.4, 0.5) is 15.3 Å². The van der Waals surface area contributed by atoms with Gasteiger partial charge < -0.3 is 20.7 Å². The van der Waals surface area contributed by atoms with Gasteiger partial charge >= 0.3 is 12.1 Å². The molecule has 0 radical (unpaired) electrons. The molecule has 0 unspecified atom stereocenters. The van der Waals surface area contributed by atoms with E-state index in [-0.39, 0.29) is 6.03 Å². The van der Waals surface area contributed by atoms with Crippen LogP contribution >= 0.6 is 0 Å². The first kappa shape index (κ1) is 17.8. The Morgan fingerprint density at radius 1 is 1.05 bits per heavy atom. The van der Waals surface area contributed by atoms with E-state index in [0.717, 1.165) is 11.3 Å². The third-order valence-corrected chi connectivity index (χ3v) is 2.84. The molecule has 0 atom stereocenters. The predicted octanol–water partition coefficient (Wildman–Crippen LogP) is 2.95. The molecular weight excluding hydrogens is 282 g/mol. The van der Waals surface area contributed by atoms with E-state index in [4.69, 9.17) is 4.74 Å². The minimum Gasteiger partial charge on any atom is -0.444 e. The molecule has 0 fully saturated rings. The van der Waals surface area contributed by atoms with Crippen LogP contribution in [0.1, 0.15) is 31.9 Å². The number of carbonyl (C=O) groups excluding carboxylic acids is 2. The summed E-state index contributed by atoms with van der Waals surface area (Å²) in [6, 6.07) is 5.40. The van der Waals surface area contributed by atoms with Crippen molar-refractivity contribution in [1.29, 1.82) is 0 Å². The number of ether oxygens (including phenoxy) is 1. The molecule has 0 aliphatic heterocycles. The van der Waals surface area contributed by atoms with E-state index in [1.807, 2.05) is 32.0 Å². The molecule has 0 aliphatic carbocycles. The standard InChI is InChI=1S/C16H25N3O3/c1-11-6-7-13(10-12(11)2)19-14(20)17-8-9-18-15(21)22-16(3,4)5/h6-7,10H,8-9H2,1-5H3,(H,18,21)(H2,17,19,20). The Labute approximate surface area is 131 Å². The maximum atomic E-state index is 11.7. The Hall–Kier alpha value is -2.24. The van der Waals surface area contributed by atoms with Gasteiger partial charge in [-0.15, -0.1) is 0 Å². The average Bonchev–Trinajstić information content (AvgIpc) is 2.37. The van der Waals surface area contributed by atoms with Gasteiger partial charge in [-0.25, -0.2) is 9.59 Å². The molecule has 1 aromatic rings. The summed E-state index contributed by atoms with van der Waals surface area (Å²) in [6.07, 6.45) is -0.496. The van der Waals surface area contributed by atoms with Gasteiger partial charge in [0.1, 0.15) is 5.60 Å². The molecule has 0 aliphatic rings. The lowest BCUT2D eigenvalue weighted by Crippen LogP contribution is -2.39. The highest BCUT2D eigenvalue weighted by molar-refractivity contribution is 5.89. The first-order valence-corrected chi connectivity index (χ1v) is 7.26. The number of anilines is 1. The maximum absolute atomic E-state index is 11.7. The number of benzene rings is 1. The molecular formula is C16H25N3O3. The van der Waals surface area contributed by atoms with Gasteiger partial charge in [0, 0.05) is 18.8 Å². The Morgan fingerprint density at radius 3 is 2.27 bits per heavy atom. The van der Waals surface area contributed by atoms with Crippen molar-refractivity contribution in [2.45, 2.75) is 40.2 Å². The van der Waals surface area contributed by atoms with Gasteiger partial charge in [-0.05, 0) is 57.9 Å². The molecule has 3 N–H and O–H groups in total. The Bertz CT molecular complexity index is 536. The highest BCUT2D eigenvalue weighted by atomic mass is 16.6. The zero-order valence-electron chi connectivity index (χ0n) is 13.9. The van der Waals surface area contributed by atoms with Crippen LogP contribution in [0.2, 0.25) is 0 Å². The summed E-state index contributed by atoms with van der Waals surface area (Å²) in [5.74, 6) is 0. The summed E-state index contributed by atoms with van der Waals surface area (Å²) in [5.41, 5.74) is 2.50. The van der Waals surface area contributed by atoms with Gasteiger partial charge in [-0.2, -0.15) is 0 Å². The van der Waals surface area contributed by atoms with E-state index in [0.29, 0.717) is 13.1 Å². The highest BCUT2D eigenvalue weighted by Gasteiger charge is 2.15. The Balaban J connectivity index is 2.26. The SMILES string of the molecule is Cc1ccc(NC(=O)NCCNC(=O)OC(C)(C)C)cc1C. The number of hydrogen-bond acceptors (Lipinski definition) is 3.